The molecule has 3 heterocycles. The fourth-order valence-electron chi connectivity index (χ4n) is 7.75. The number of rotatable bonds is 5. The first-order valence-corrected chi connectivity index (χ1v) is 17.4. The van der Waals surface area contributed by atoms with Crippen LogP contribution < -0.4 is 4.90 Å². The van der Waals surface area contributed by atoms with Crippen LogP contribution >= 0.6 is 0 Å². The van der Waals surface area contributed by atoms with Crippen LogP contribution in [0.5, 0.6) is 0 Å². The summed E-state index contributed by atoms with van der Waals surface area (Å²) in [6, 6.07) is 58.6. The van der Waals surface area contributed by atoms with Crippen LogP contribution in [-0.2, 0) is 0 Å². The molecule has 0 unspecified atom stereocenters. The molecule has 0 spiro atoms. The van der Waals surface area contributed by atoms with Crippen LogP contribution in [0.1, 0.15) is 0 Å². The van der Waals surface area contributed by atoms with E-state index in [1.165, 1.54) is 0 Å². The van der Waals surface area contributed by atoms with Crippen molar-refractivity contribution in [3.05, 3.63) is 170 Å². The monoisotopic (exact) mass is 668 g/mol. The third kappa shape index (κ3) is 4.39. The van der Waals surface area contributed by atoms with Crippen molar-refractivity contribution >= 4 is 82.8 Å². The summed E-state index contributed by atoms with van der Waals surface area (Å²) in [5.41, 5.74) is 11.0. The van der Waals surface area contributed by atoms with Crippen LogP contribution in [0.25, 0.3) is 88.3 Å². The average Bonchev–Trinajstić information content (AvgIpc) is 3.91. The Labute approximate surface area is 297 Å². The van der Waals surface area contributed by atoms with Crippen molar-refractivity contribution in [2.45, 2.75) is 0 Å². The number of fused-ring (bicyclic) bond motifs is 9. The number of anilines is 3. The Morgan fingerprint density at radius 2 is 1.06 bits per heavy atom. The zero-order chi connectivity index (χ0) is 34.2. The summed E-state index contributed by atoms with van der Waals surface area (Å²) in [5.74, 6) is 0.571. The molecule has 8 aromatic carbocycles. The molecule has 0 aliphatic carbocycles. The number of nitrogens with zero attached hydrogens (tertiary/aromatic N) is 2. The van der Waals surface area contributed by atoms with Gasteiger partial charge in [0.2, 0.25) is 5.89 Å². The van der Waals surface area contributed by atoms with Crippen molar-refractivity contribution in [3.8, 4) is 22.6 Å². The molecule has 5 heteroatoms. The van der Waals surface area contributed by atoms with Gasteiger partial charge in [-0.25, -0.2) is 4.98 Å². The Hall–Kier alpha value is -7.11. The van der Waals surface area contributed by atoms with E-state index in [4.69, 9.17) is 18.2 Å². The van der Waals surface area contributed by atoms with Gasteiger partial charge in [-0.05, 0) is 71.1 Å². The van der Waals surface area contributed by atoms with Crippen LogP contribution in [0.3, 0.4) is 0 Å². The predicted octanol–water partition coefficient (Wildman–Crippen LogP) is 13.6. The first-order chi connectivity index (χ1) is 25.8. The Morgan fingerprint density at radius 3 is 1.94 bits per heavy atom. The maximum Gasteiger partial charge on any atom is 0.228 e. The topological polar surface area (TPSA) is 55.6 Å². The summed E-state index contributed by atoms with van der Waals surface area (Å²) in [4.78, 5) is 7.19. The molecule has 0 bridgehead atoms. The first kappa shape index (κ1) is 28.7. The minimum Gasteiger partial charge on any atom is -0.456 e. The third-order valence-electron chi connectivity index (χ3n) is 10.1. The summed E-state index contributed by atoms with van der Waals surface area (Å²) in [7, 11) is 0. The molecule has 0 fully saturated rings. The third-order valence-corrected chi connectivity index (χ3v) is 10.1. The Kier molecular flexibility index (Phi) is 6.18. The lowest BCUT2D eigenvalue weighted by Gasteiger charge is -2.27. The van der Waals surface area contributed by atoms with Crippen LogP contribution in [0.15, 0.2) is 183 Å². The smallest absolute Gasteiger partial charge is 0.228 e. The molecule has 11 rings (SSSR count). The van der Waals surface area contributed by atoms with Crippen LogP contribution in [0.4, 0.5) is 17.1 Å². The minimum absolute atomic E-state index is 0.571. The second kappa shape index (κ2) is 11.2. The van der Waals surface area contributed by atoms with Gasteiger partial charge in [0, 0.05) is 56.0 Å². The molecule has 5 nitrogen and oxygen atoms in total. The number of para-hydroxylation sites is 3. The standard InChI is InChI=1S/C47H28N2O3/c1-2-12-29(13-3-1)30-14-10-15-31(26-30)49(32-24-25-35-34-17-6-8-21-40(34)50-43(35)27-32)39-28-44-45(36-18-5-4-16-33(36)39)46-37(19-11-23-42(46)51-44)47-48-38-20-7-9-22-41(38)52-47/h1-28H. The van der Waals surface area contributed by atoms with Crippen molar-refractivity contribution in [1.29, 1.82) is 0 Å². The molecule has 0 aliphatic heterocycles. The first-order valence-electron chi connectivity index (χ1n) is 17.4. The highest BCUT2D eigenvalue weighted by atomic mass is 16.4. The molecule has 0 N–H and O–H groups in total. The highest BCUT2D eigenvalue weighted by Gasteiger charge is 2.24. The Morgan fingerprint density at radius 1 is 0.385 bits per heavy atom. The molecule has 0 aliphatic rings. The number of hydrogen-bond acceptors (Lipinski definition) is 5. The predicted molar refractivity (Wildman–Crippen MR) is 212 cm³/mol. The quantitative estimate of drug-likeness (QED) is 0.183. The van der Waals surface area contributed by atoms with E-state index >= 15 is 0 Å². The lowest BCUT2D eigenvalue weighted by Crippen LogP contribution is -2.10. The summed E-state index contributed by atoms with van der Waals surface area (Å²) in [5, 5.41) is 6.35. The maximum atomic E-state index is 6.75. The van der Waals surface area contributed by atoms with Gasteiger partial charge in [0.15, 0.2) is 5.58 Å². The molecule has 0 radical (unpaired) electrons. The largest absolute Gasteiger partial charge is 0.456 e. The fraction of sp³-hybridized carbons (Fsp3) is 0. The van der Waals surface area contributed by atoms with E-state index in [9.17, 15) is 0 Å². The zero-order valence-electron chi connectivity index (χ0n) is 27.8. The number of furan rings is 2. The van der Waals surface area contributed by atoms with Gasteiger partial charge in [-0.3, -0.25) is 0 Å². The number of oxazole rings is 1. The van der Waals surface area contributed by atoms with E-state index in [-0.39, 0.29) is 0 Å². The average molecular weight is 669 g/mol. The van der Waals surface area contributed by atoms with E-state index in [1.807, 2.05) is 54.6 Å². The highest BCUT2D eigenvalue weighted by Crippen LogP contribution is 2.47. The van der Waals surface area contributed by atoms with E-state index in [1.54, 1.807) is 0 Å². The molecule has 0 saturated heterocycles. The normalized spacial score (nSPS) is 11.8. The van der Waals surface area contributed by atoms with Crippen LogP contribution in [0.2, 0.25) is 0 Å². The number of benzene rings is 8. The van der Waals surface area contributed by atoms with Crippen LogP contribution in [0, 0.1) is 0 Å². The van der Waals surface area contributed by atoms with Crippen molar-refractivity contribution < 1.29 is 13.3 Å². The lowest BCUT2D eigenvalue weighted by atomic mass is 9.98. The molecule has 11 aromatic rings. The second-order valence-electron chi connectivity index (χ2n) is 13.1. The number of hydrogen-bond donors (Lipinski definition) is 0. The fourth-order valence-corrected chi connectivity index (χ4v) is 7.75. The lowest BCUT2D eigenvalue weighted by molar-refractivity contribution is 0.620. The van der Waals surface area contributed by atoms with Crippen molar-refractivity contribution in [1.82, 2.24) is 4.98 Å². The summed E-state index contributed by atoms with van der Waals surface area (Å²) in [6.07, 6.45) is 0. The molecule has 0 amide bonds. The van der Waals surface area contributed by atoms with E-state index in [2.05, 4.69) is 120 Å². The van der Waals surface area contributed by atoms with Crippen molar-refractivity contribution in [2.24, 2.45) is 0 Å². The van der Waals surface area contributed by atoms with Gasteiger partial charge < -0.3 is 18.2 Å². The zero-order valence-corrected chi connectivity index (χ0v) is 27.8. The number of aromatic nitrogens is 1. The summed E-state index contributed by atoms with van der Waals surface area (Å²) >= 11 is 0. The van der Waals surface area contributed by atoms with E-state index in [0.29, 0.717) is 5.89 Å². The van der Waals surface area contributed by atoms with E-state index in [0.717, 1.165) is 99.5 Å². The molecular weight excluding hydrogens is 641 g/mol. The highest BCUT2D eigenvalue weighted by molar-refractivity contribution is 6.25. The Balaban J connectivity index is 1.19. The van der Waals surface area contributed by atoms with Crippen LogP contribution in [-0.4, -0.2) is 4.98 Å². The molecule has 3 aromatic heterocycles. The molecule has 244 valence electrons. The SMILES string of the molecule is c1ccc(-c2cccc(N(c3ccc4c(c3)oc3ccccc34)c3cc4oc5cccc(-c6nc7ccccc7o6)c5c4c4ccccc34)c2)cc1. The van der Waals surface area contributed by atoms with Gasteiger partial charge >= 0.3 is 0 Å². The van der Waals surface area contributed by atoms with E-state index < -0.39 is 0 Å². The molecule has 0 atom stereocenters. The van der Waals surface area contributed by atoms with Crippen molar-refractivity contribution in [2.75, 3.05) is 4.90 Å². The van der Waals surface area contributed by atoms with Gasteiger partial charge in [0.05, 0.1) is 5.69 Å². The van der Waals surface area contributed by atoms with Gasteiger partial charge in [-0.2, -0.15) is 0 Å². The molecule has 52 heavy (non-hydrogen) atoms. The van der Waals surface area contributed by atoms with Gasteiger partial charge in [-0.1, -0.05) is 103 Å². The Bertz CT molecular complexity index is 3120. The molecular formula is C47H28N2O3. The molecule has 0 saturated carbocycles. The minimum atomic E-state index is 0.571. The van der Waals surface area contributed by atoms with Gasteiger partial charge in [0.1, 0.15) is 27.8 Å². The van der Waals surface area contributed by atoms with Gasteiger partial charge in [-0.15, -0.1) is 0 Å². The summed E-state index contributed by atoms with van der Waals surface area (Å²) < 4.78 is 19.5. The van der Waals surface area contributed by atoms with Gasteiger partial charge in [0.25, 0.3) is 0 Å². The maximum absolute atomic E-state index is 6.75. The van der Waals surface area contributed by atoms with Crippen molar-refractivity contribution in [3.63, 3.8) is 0 Å². The summed E-state index contributed by atoms with van der Waals surface area (Å²) in [6.45, 7) is 0. The second-order valence-corrected chi connectivity index (χ2v) is 13.1.